The molecule has 4 aromatic rings. The molecule has 0 radical (unpaired) electrons. The van der Waals surface area contributed by atoms with Crippen LogP contribution in [0.4, 0.5) is 5.69 Å². The number of methoxy groups -OCH3 is 2. The summed E-state index contributed by atoms with van der Waals surface area (Å²) < 4.78 is 17.4. The molecule has 1 fully saturated rings. The number of fused-ring (bicyclic) bond motifs is 1. The Balaban J connectivity index is 1.36. The number of benzene rings is 3. The fourth-order valence-corrected chi connectivity index (χ4v) is 4.47. The predicted molar refractivity (Wildman–Crippen MR) is 129 cm³/mol. The van der Waals surface area contributed by atoms with Gasteiger partial charge in [-0.05, 0) is 48.0 Å². The van der Waals surface area contributed by atoms with E-state index in [0.717, 1.165) is 66.5 Å². The van der Waals surface area contributed by atoms with Gasteiger partial charge in [-0.15, -0.1) is 0 Å². The fourth-order valence-electron chi connectivity index (χ4n) is 4.47. The first-order valence-corrected chi connectivity index (χ1v) is 11.0. The number of furan rings is 1. The van der Waals surface area contributed by atoms with Crippen LogP contribution < -0.4 is 14.4 Å². The Morgan fingerprint density at radius 3 is 2.25 bits per heavy atom. The second kappa shape index (κ2) is 8.97. The van der Waals surface area contributed by atoms with E-state index in [9.17, 15) is 0 Å². The third-order valence-electron chi connectivity index (χ3n) is 6.13. The van der Waals surface area contributed by atoms with Crippen molar-refractivity contribution in [3.8, 4) is 22.8 Å². The van der Waals surface area contributed by atoms with Gasteiger partial charge in [0.2, 0.25) is 0 Å². The lowest BCUT2D eigenvalue weighted by Crippen LogP contribution is -2.45. The number of anilines is 1. The molecule has 0 saturated carbocycles. The molecular weight excluding hydrogens is 400 g/mol. The smallest absolute Gasteiger partial charge is 0.176 e. The minimum atomic E-state index is 0.765. The molecule has 164 valence electrons. The van der Waals surface area contributed by atoms with E-state index in [1.165, 1.54) is 11.3 Å². The number of para-hydroxylation sites is 2. The molecule has 0 spiro atoms. The van der Waals surface area contributed by atoms with Gasteiger partial charge in [0.25, 0.3) is 0 Å². The molecular formula is C27H28N2O3. The molecule has 0 amide bonds. The van der Waals surface area contributed by atoms with E-state index in [1.54, 1.807) is 14.2 Å². The van der Waals surface area contributed by atoms with E-state index < -0.39 is 0 Å². The van der Waals surface area contributed by atoms with Crippen molar-refractivity contribution in [1.82, 2.24) is 4.90 Å². The summed E-state index contributed by atoms with van der Waals surface area (Å²) >= 11 is 0. The molecule has 0 unspecified atom stereocenters. The molecule has 1 aliphatic heterocycles. The van der Waals surface area contributed by atoms with Gasteiger partial charge in [-0.2, -0.15) is 0 Å². The number of rotatable bonds is 6. The average Bonchev–Trinajstić information content (AvgIpc) is 3.28. The van der Waals surface area contributed by atoms with Crippen LogP contribution in [-0.2, 0) is 6.54 Å². The summed E-state index contributed by atoms with van der Waals surface area (Å²) in [5, 5.41) is 1.04. The molecule has 1 aromatic heterocycles. The zero-order valence-electron chi connectivity index (χ0n) is 18.6. The SMILES string of the molecule is COc1ccccc1-c1cc2cc(CN3CCN(c4ccccc4)CC3)cc(OC)c2o1. The molecule has 32 heavy (non-hydrogen) atoms. The monoisotopic (exact) mass is 428 g/mol. The van der Waals surface area contributed by atoms with Crippen molar-refractivity contribution in [3.63, 3.8) is 0 Å². The average molecular weight is 429 g/mol. The Morgan fingerprint density at radius 2 is 1.50 bits per heavy atom. The van der Waals surface area contributed by atoms with Crippen LogP contribution in [0.25, 0.3) is 22.3 Å². The largest absolute Gasteiger partial charge is 0.496 e. The molecule has 2 heterocycles. The summed E-state index contributed by atoms with van der Waals surface area (Å²) in [5.41, 5.74) is 4.24. The van der Waals surface area contributed by atoms with Gasteiger partial charge in [-0.3, -0.25) is 4.90 Å². The third-order valence-corrected chi connectivity index (χ3v) is 6.13. The minimum Gasteiger partial charge on any atom is -0.496 e. The zero-order valence-corrected chi connectivity index (χ0v) is 18.6. The Hall–Kier alpha value is -3.44. The molecule has 3 aromatic carbocycles. The van der Waals surface area contributed by atoms with Crippen LogP contribution in [-0.4, -0.2) is 45.3 Å². The maximum atomic E-state index is 6.20. The Bertz CT molecular complexity index is 1190. The summed E-state index contributed by atoms with van der Waals surface area (Å²) in [6, 6.07) is 24.9. The van der Waals surface area contributed by atoms with E-state index in [0.29, 0.717) is 0 Å². The summed E-state index contributed by atoms with van der Waals surface area (Å²) in [6.07, 6.45) is 0. The van der Waals surface area contributed by atoms with Crippen LogP contribution >= 0.6 is 0 Å². The second-order valence-electron chi connectivity index (χ2n) is 8.13. The number of hydrogen-bond donors (Lipinski definition) is 0. The van der Waals surface area contributed by atoms with Gasteiger partial charge in [0, 0.05) is 43.8 Å². The first-order chi connectivity index (χ1) is 15.7. The minimum absolute atomic E-state index is 0.765. The lowest BCUT2D eigenvalue weighted by Gasteiger charge is -2.36. The Labute approximate surface area is 188 Å². The van der Waals surface area contributed by atoms with Crippen LogP contribution in [0.5, 0.6) is 11.5 Å². The van der Waals surface area contributed by atoms with Crippen LogP contribution in [0, 0.1) is 0 Å². The van der Waals surface area contributed by atoms with E-state index in [1.807, 2.05) is 24.3 Å². The number of ether oxygens (including phenoxy) is 2. The van der Waals surface area contributed by atoms with Crippen LogP contribution in [0.1, 0.15) is 5.56 Å². The van der Waals surface area contributed by atoms with Crippen molar-refractivity contribution in [1.29, 1.82) is 0 Å². The van der Waals surface area contributed by atoms with Crippen molar-refractivity contribution >= 4 is 16.7 Å². The lowest BCUT2D eigenvalue weighted by atomic mass is 10.1. The highest BCUT2D eigenvalue weighted by atomic mass is 16.5. The van der Waals surface area contributed by atoms with Crippen molar-refractivity contribution in [2.75, 3.05) is 45.3 Å². The molecule has 5 heteroatoms. The molecule has 0 N–H and O–H groups in total. The molecule has 5 nitrogen and oxygen atoms in total. The summed E-state index contributed by atoms with van der Waals surface area (Å²) in [4.78, 5) is 4.96. The highest BCUT2D eigenvalue weighted by Crippen LogP contribution is 2.38. The van der Waals surface area contributed by atoms with Gasteiger partial charge in [0.05, 0.1) is 19.8 Å². The maximum absolute atomic E-state index is 6.20. The molecule has 0 atom stereocenters. The first-order valence-electron chi connectivity index (χ1n) is 11.0. The van der Waals surface area contributed by atoms with E-state index in [4.69, 9.17) is 13.9 Å². The number of hydrogen-bond acceptors (Lipinski definition) is 5. The van der Waals surface area contributed by atoms with Crippen molar-refractivity contribution < 1.29 is 13.9 Å². The third kappa shape index (κ3) is 4.04. The Kier molecular flexibility index (Phi) is 5.73. The number of piperazine rings is 1. The van der Waals surface area contributed by atoms with E-state index in [2.05, 4.69) is 58.3 Å². The molecule has 1 aliphatic rings. The normalized spacial score (nSPS) is 14.6. The Morgan fingerprint density at radius 1 is 0.781 bits per heavy atom. The molecule has 0 bridgehead atoms. The summed E-state index contributed by atoms with van der Waals surface area (Å²) in [7, 11) is 3.38. The molecule has 5 rings (SSSR count). The molecule has 0 aliphatic carbocycles. The quantitative estimate of drug-likeness (QED) is 0.409. The fraction of sp³-hybridized carbons (Fsp3) is 0.259. The van der Waals surface area contributed by atoms with E-state index >= 15 is 0 Å². The van der Waals surface area contributed by atoms with Gasteiger partial charge in [0.1, 0.15) is 11.5 Å². The van der Waals surface area contributed by atoms with Crippen LogP contribution in [0.15, 0.2) is 77.2 Å². The number of nitrogens with zero attached hydrogens (tertiary/aromatic N) is 2. The van der Waals surface area contributed by atoms with Crippen LogP contribution in [0.2, 0.25) is 0 Å². The first kappa shape index (κ1) is 20.5. The summed E-state index contributed by atoms with van der Waals surface area (Å²) in [6.45, 7) is 5.03. The second-order valence-corrected chi connectivity index (χ2v) is 8.13. The van der Waals surface area contributed by atoms with Crippen molar-refractivity contribution in [3.05, 3.63) is 78.4 Å². The van der Waals surface area contributed by atoms with E-state index in [-0.39, 0.29) is 0 Å². The van der Waals surface area contributed by atoms with Gasteiger partial charge < -0.3 is 18.8 Å². The maximum Gasteiger partial charge on any atom is 0.176 e. The predicted octanol–water partition coefficient (Wildman–Crippen LogP) is 5.44. The highest BCUT2D eigenvalue weighted by molar-refractivity contribution is 5.89. The van der Waals surface area contributed by atoms with Crippen LogP contribution in [0.3, 0.4) is 0 Å². The molecule has 1 saturated heterocycles. The topological polar surface area (TPSA) is 38.1 Å². The zero-order chi connectivity index (χ0) is 21.9. The standard InChI is InChI=1S/C27H28N2O3/c1-30-24-11-7-6-10-23(24)25-18-21-16-20(17-26(31-2)27(21)32-25)19-28-12-14-29(15-13-28)22-8-4-3-5-9-22/h3-11,16-18H,12-15,19H2,1-2H3. The summed E-state index contributed by atoms with van der Waals surface area (Å²) in [5.74, 6) is 2.34. The van der Waals surface area contributed by atoms with Gasteiger partial charge in [-0.25, -0.2) is 0 Å². The van der Waals surface area contributed by atoms with Crippen molar-refractivity contribution in [2.24, 2.45) is 0 Å². The highest BCUT2D eigenvalue weighted by Gasteiger charge is 2.19. The van der Waals surface area contributed by atoms with Crippen molar-refractivity contribution in [2.45, 2.75) is 6.54 Å². The van der Waals surface area contributed by atoms with Gasteiger partial charge >= 0.3 is 0 Å². The van der Waals surface area contributed by atoms with Gasteiger partial charge in [0.15, 0.2) is 11.3 Å². The lowest BCUT2D eigenvalue weighted by molar-refractivity contribution is 0.249. The van der Waals surface area contributed by atoms with Gasteiger partial charge in [-0.1, -0.05) is 30.3 Å².